The van der Waals surface area contributed by atoms with Crippen LogP contribution < -0.4 is 18.9 Å². The lowest BCUT2D eigenvalue weighted by atomic mass is 10.1. The van der Waals surface area contributed by atoms with Crippen LogP contribution in [0, 0.1) is 0 Å². The van der Waals surface area contributed by atoms with Gasteiger partial charge in [0.25, 0.3) is 0 Å². The second-order valence-electron chi connectivity index (χ2n) is 10.3. The number of H-pyrrole nitrogens is 1. The molecule has 0 spiro atoms. The van der Waals surface area contributed by atoms with E-state index in [4.69, 9.17) is 28.4 Å². The third-order valence-corrected chi connectivity index (χ3v) is 7.46. The molecular weight excluding hydrogens is 548 g/mol. The van der Waals surface area contributed by atoms with E-state index in [2.05, 4.69) is 20.0 Å². The summed E-state index contributed by atoms with van der Waals surface area (Å²) in [5.74, 6) is 3.08. The van der Waals surface area contributed by atoms with E-state index in [1.54, 1.807) is 14.2 Å². The summed E-state index contributed by atoms with van der Waals surface area (Å²) in [4.78, 5) is 4.70. The number of aromatic amines is 1. The summed E-state index contributed by atoms with van der Waals surface area (Å²) >= 11 is 0. The number of methoxy groups -OCH3 is 2. The lowest BCUT2D eigenvalue weighted by Crippen LogP contribution is -2.38. The molecule has 0 saturated carbocycles. The van der Waals surface area contributed by atoms with Crippen LogP contribution in [0.2, 0.25) is 0 Å². The van der Waals surface area contributed by atoms with Crippen LogP contribution in [-0.2, 0) is 9.47 Å². The van der Waals surface area contributed by atoms with Crippen molar-refractivity contribution in [3.05, 3.63) is 65.0 Å². The number of nitrogens with one attached hydrogen (secondary N) is 1. The summed E-state index contributed by atoms with van der Waals surface area (Å²) < 4.78 is 34.0. The average Bonchev–Trinajstić information content (AvgIpc) is 3.52. The van der Waals surface area contributed by atoms with Crippen molar-refractivity contribution in [1.29, 1.82) is 0 Å². The Morgan fingerprint density at radius 3 is 1.72 bits per heavy atom. The van der Waals surface area contributed by atoms with E-state index in [0.29, 0.717) is 13.2 Å². The quantitative estimate of drug-likeness (QED) is 0.297. The second-order valence-corrected chi connectivity index (χ2v) is 10.3. The monoisotopic (exact) mass is 590 g/mol. The molecular formula is C33H42N4O6. The first-order valence-corrected chi connectivity index (χ1v) is 14.8. The second kappa shape index (κ2) is 16.1. The van der Waals surface area contributed by atoms with Gasteiger partial charge in [-0.25, -0.2) is 0 Å². The van der Waals surface area contributed by atoms with Gasteiger partial charge in [-0.15, -0.1) is 0 Å². The molecule has 10 heteroatoms. The lowest BCUT2D eigenvalue weighted by molar-refractivity contribution is 0.0321. The number of nitrogens with zero attached hydrogens (tertiary/aromatic N) is 3. The molecule has 230 valence electrons. The van der Waals surface area contributed by atoms with Crippen molar-refractivity contribution < 1.29 is 28.4 Å². The highest BCUT2D eigenvalue weighted by Crippen LogP contribution is 2.28. The van der Waals surface area contributed by atoms with Crippen molar-refractivity contribution in [1.82, 2.24) is 20.0 Å². The van der Waals surface area contributed by atoms with Gasteiger partial charge in [-0.2, -0.15) is 5.10 Å². The Morgan fingerprint density at radius 1 is 0.698 bits per heavy atom. The molecule has 0 bridgehead atoms. The zero-order valence-corrected chi connectivity index (χ0v) is 25.1. The first kappa shape index (κ1) is 30.6. The number of aromatic nitrogens is 2. The number of hydrogen-bond donors (Lipinski definition) is 1. The van der Waals surface area contributed by atoms with Crippen LogP contribution in [0.1, 0.15) is 22.5 Å². The van der Waals surface area contributed by atoms with E-state index in [9.17, 15) is 0 Å². The molecule has 1 aromatic heterocycles. The Bertz CT molecular complexity index is 1240. The molecule has 0 amide bonds. The van der Waals surface area contributed by atoms with Gasteiger partial charge >= 0.3 is 0 Å². The van der Waals surface area contributed by atoms with Gasteiger partial charge in [0.1, 0.15) is 36.2 Å². The molecule has 2 aromatic carbocycles. The van der Waals surface area contributed by atoms with Crippen molar-refractivity contribution in [2.75, 3.05) is 93.1 Å². The maximum absolute atomic E-state index is 5.97. The van der Waals surface area contributed by atoms with Crippen LogP contribution >= 0.6 is 0 Å². The van der Waals surface area contributed by atoms with Crippen LogP contribution in [0.25, 0.3) is 24.3 Å². The van der Waals surface area contributed by atoms with Gasteiger partial charge in [-0.05, 0) is 54.6 Å². The Balaban J connectivity index is 1.13. The highest BCUT2D eigenvalue weighted by atomic mass is 16.5. The van der Waals surface area contributed by atoms with Gasteiger partial charge in [-0.3, -0.25) is 14.9 Å². The molecule has 2 fully saturated rings. The summed E-state index contributed by atoms with van der Waals surface area (Å²) in [6, 6.07) is 13.8. The zero-order valence-electron chi connectivity index (χ0n) is 25.1. The Labute approximate surface area is 253 Å². The van der Waals surface area contributed by atoms with Crippen molar-refractivity contribution in [3.63, 3.8) is 0 Å². The minimum atomic E-state index is 0.626. The number of rotatable bonds is 14. The third-order valence-electron chi connectivity index (χ3n) is 7.46. The predicted molar refractivity (Wildman–Crippen MR) is 168 cm³/mol. The van der Waals surface area contributed by atoms with Crippen LogP contribution in [0.5, 0.6) is 23.0 Å². The molecule has 2 aliphatic heterocycles. The van der Waals surface area contributed by atoms with E-state index < -0.39 is 0 Å². The maximum atomic E-state index is 5.97. The van der Waals surface area contributed by atoms with Gasteiger partial charge in [0.15, 0.2) is 0 Å². The molecule has 0 radical (unpaired) electrons. The van der Waals surface area contributed by atoms with Gasteiger partial charge in [0.05, 0.1) is 52.0 Å². The topological polar surface area (TPSA) is 90.5 Å². The van der Waals surface area contributed by atoms with Crippen LogP contribution in [0.15, 0.2) is 42.5 Å². The van der Waals surface area contributed by atoms with E-state index in [1.165, 1.54) is 0 Å². The molecule has 0 atom stereocenters. The van der Waals surface area contributed by atoms with E-state index >= 15 is 0 Å². The van der Waals surface area contributed by atoms with Gasteiger partial charge in [-0.1, -0.05) is 0 Å². The highest BCUT2D eigenvalue weighted by molar-refractivity contribution is 5.75. The van der Waals surface area contributed by atoms with E-state index in [1.807, 2.05) is 66.8 Å². The van der Waals surface area contributed by atoms with Crippen molar-refractivity contribution in [2.24, 2.45) is 0 Å². The summed E-state index contributed by atoms with van der Waals surface area (Å²) in [6.07, 6.45) is 7.91. The highest BCUT2D eigenvalue weighted by Gasteiger charge is 2.12. The fraction of sp³-hybridized carbons (Fsp3) is 0.424. The van der Waals surface area contributed by atoms with Gasteiger partial charge < -0.3 is 28.4 Å². The minimum Gasteiger partial charge on any atom is -0.496 e. The van der Waals surface area contributed by atoms with Gasteiger partial charge in [0.2, 0.25) is 0 Å². The standard InChI is InChI=1S/C33H42N4O6/c1-38-32-24-30(42-21-15-36-11-17-40-18-12-36)9-5-26(32)3-7-28-23-29(35-34-28)8-4-27-6-10-31(25-33(27)39-2)43-22-16-37-13-19-41-20-14-37/h3-10,23-25H,11-22H2,1-2H3,(H,34,35)/b7-3+,8-4?. The molecule has 1 N–H and O–H groups in total. The Morgan fingerprint density at radius 2 is 1.21 bits per heavy atom. The molecule has 10 nitrogen and oxygen atoms in total. The van der Waals surface area contributed by atoms with Crippen molar-refractivity contribution >= 4 is 24.3 Å². The average molecular weight is 591 g/mol. The summed E-state index contributed by atoms with van der Waals surface area (Å²) in [7, 11) is 3.34. The molecule has 3 aromatic rings. The zero-order chi connectivity index (χ0) is 29.7. The Hall–Kier alpha value is -3.83. The molecule has 0 aliphatic carbocycles. The molecule has 43 heavy (non-hydrogen) atoms. The molecule has 3 heterocycles. The smallest absolute Gasteiger partial charge is 0.129 e. The number of morpholine rings is 2. The number of benzene rings is 2. The third kappa shape index (κ3) is 9.33. The molecule has 0 unspecified atom stereocenters. The predicted octanol–water partition coefficient (Wildman–Crippen LogP) is 4.19. The summed E-state index contributed by atoms with van der Waals surface area (Å²) in [5, 5.41) is 7.50. The summed E-state index contributed by atoms with van der Waals surface area (Å²) in [5.41, 5.74) is 3.58. The number of ether oxygens (including phenoxy) is 6. The molecule has 2 aliphatic rings. The fourth-order valence-corrected chi connectivity index (χ4v) is 4.95. The normalized spacial score (nSPS) is 16.6. The molecule has 2 saturated heterocycles. The summed E-state index contributed by atoms with van der Waals surface area (Å²) in [6.45, 7) is 9.98. The van der Waals surface area contributed by atoms with Crippen LogP contribution in [0.3, 0.4) is 0 Å². The van der Waals surface area contributed by atoms with Crippen molar-refractivity contribution in [2.45, 2.75) is 0 Å². The maximum Gasteiger partial charge on any atom is 0.129 e. The lowest BCUT2D eigenvalue weighted by Gasteiger charge is -2.26. The first-order valence-electron chi connectivity index (χ1n) is 14.8. The fourth-order valence-electron chi connectivity index (χ4n) is 4.95. The van der Waals surface area contributed by atoms with Crippen LogP contribution in [0.4, 0.5) is 0 Å². The van der Waals surface area contributed by atoms with Crippen LogP contribution in [-0.4, -0.2) is 113 Å². The van der Waals surface area contributed by atoms with Gasteiger partial charge in [0, 0.05) is 62.5 Å². The Kier molecular flexibility index (Phi) is 11.5. The number of hydrogen-bond acceptors (Lipinski definition) is 9. The van der Waals surface area contributed by atoms with E-state index in [-0.39, 0.29) is 0 Å². The minimum absolute atomic E-state index is 0.626. The largest absolute Gasteiger partial charge is 0.496 e. The molecule has 5 rings (SSSR count). The van der Waals surface area contributed by atoms with Crippen molar-refractivity contribution in [3.8, 4) is 23.0 Å². The first-order chi connectivity index (χ1) is 21.2. The van der Waals surface area contributed by atoms with E-state index in [0.717, 1.165) is 111 Å². The SMILES string of the molecule is COc1cc(OCCN2CCOCC2)ccc1C=Cc1cc(/C=C/c2ccc(OCCN3CCOCC3)cc2OC)n[nH]1.